The highest BCUT2D eigenvalue weighted by molar-refractivity contribution is 7.80. The maximum Gasteiger partial charge on any atom is 0.186 e. The second-order valence-corrected chi connectivity index (χ2v) is 5.14. The van der Waals surface area contributed by atoms with Crippen LogP contribution in [0.25, 0.3) is 10.2 Å². The van der Waals surface area contributed by atoms with E-state index in [-0.39, 0.29) is 0 Å². The third-order valence-electron chi connectivity index (χ3n) is 2.30. The first-order valence-corrected chi connectivity index (χ1v) is 6.24. The van der Waals surface area contributed by atoms with Crippen LogP contribution in [-0.4, -0.2) is 23.6 Å². The van der Waals surface area contributed by atoms with Crippen LogP contribution in [-0.2, 0) is 0 Å². The molecular weight excluding hydrogens is 238 g/mol. The van der Waals surface area contributed by atoms with Crippen molar-refractivity contribution in [3.05, 3.63) is 24.3 Å². The van der Waals surface area contributed by atoms with E-state index in [2.05, 4.69) is 16.0 Å². The summed E-state index contributed by atoms with van der Waals surface area (Å²) in [6, 6.07) is 8.13. The number of fused-ring (bicyclic) bond motifs is 1. The largest absolute Gasteiger partial charge is 0.393 e. The third-order valence-corrected chi connectivity index (χ3v) is 3.66. The molecule has 0 saturated carbocycles. The van der Waals surface area contributed by atoms with Crippen LogP contribution in [0.2, 0.25) is 0 Å². The van der Waals surface area contributed by atoms with Gasteiger partial charge in [0, 0.05) is 20.0 Å². The molecule has 0 aliphatic carbocycles. The molecule has 0 aliphatic heterocycles. The molecule has 1 aromatic heterocycles. The molecule has 2 N–H and O–H groups in total. The zero-order valence-corrected chi connectivity index (χ0v) is 10.6. The van der Waals surface area contributed by atoms with Crippen LogP contribution in [0.3, 0.4) is 0 Å². The Balaban J connectivity index is 2.16. The molecule has 2 aromatic rings. The molecule has 0 aliphatic rings. The van der Waals surface area contributed by atoms with Gasteiger partial charge in [-0.1, -0.05) is 35.7 Å². The molecule has 0 spiro atoms. The molecule has 1 aromatic carbocycles. The molecule has 1 heterocycles. The number of para-hydroxylation sites is 1. The van der Waals surface area contributed by atoms with Gasteiger partial charge >= 0.3 is 0 Å². The Kier molecular flexibility index (Phi) is 3.36. The van der Waals surface area contributed by atoms with Gasteiger partial charge in [-0.25, -0.2) is 4.98 Å². The molecular formula is C11H13N3S2. The second-order valence-electron chi connectivity index (χ2n) is 3.60. The summed E-state index contributed by atoms with van der Waals surface area (Å²) in [7, 11) is 2.01. The number of aromatic nitrogens is 1. The van der Waals surface area contributed by atoms with Gasteiger partial charge < -0.3 is 10.6 Å². The van der Waals surface area contributed by atoms with E-state index in [1.807, 2.05) is 25.2 Å². The standard InChI is InChI=1S/C11H13N3S2/c1-14(7-6-10(12)15)11-13-8-4-2-3-5-9(8)16-11/h2-5H,6-7H2,1H3,(H2,12,15). The van der Waals surface area contributed by atoms with E-state index in [1.54, 1.807) is 11.3 Å². The summed E-state index contributed by atoms with van der Waals surface area (Å²) < 4.78 is 1.21. The minimum absolute atomic E-state index is 0.549. The summed E-state index contributed by atoms with van der Waals surface area (Å²) in [5.41, 5.74) is 6.53. The molecule has 5 heteroatoms. The van der Waals surface area contributed by atoms with E-state index in [4.69, 9.17) is 18.0 Å². The highest BCUT2D eigenvalue weighted by Crippen LogP contribution is 2.27. The van der Waals surface area contributed by atoms with E-state index in [9.17, 15) is 0 Å². The molecule has 0 atom stereocenters. The van der Waals surface area contributed by atoms with Crippen molar-refractivity contribution < 1.29 is 0 Å². The molecule has 0 unspecified atom stereocenters. The zero-order chi connectivity index (χ0) is 11.5. The van der Waals surface area contributed by atoms with Gasteiger partial charge in [-0.15, -0.1) is 0 Å². The van der Waals surface area contributed by atoms with Gasteiger partial charge in [0.2, 0.25) is 0 Å². The summed E-state index contributed by atoms with van der Waals surface area (Å²) in [5.74, 6) is 0. The smallest absolute Gasteiger partial charge is 0.186 e. The number of rotatable bonds is 4. The fraction of sp³-hybridized carbons (Fsp3) is 0.273. The number of anilines is 1. The van der Waals surface area contributed by atoms with Gasteiger partial charge in [-0.3, -0.25) is 0 Å². The topological polar surface area (TPSA) is 42.1 Å². The zero-order valence-electron chi connectivity index (χ0n) is 9.01. The average Bonchev–Trinajstić information content (AvgIpc) is 2.69. The van der Waals surface area contributed by atoms with Crippen LogP contribution < -0.4 is 10.6 Å². The van der Waals surface area contributed by atoms with Crippen LogP contribution in [0.15, 0.2) is 24.3 Å². The Morgan fingerprint density at radius 2 is 2.25 bits per heavy atom. The van der Waals surface area contributed by atoms with Crippen LogP contribution in [0.5, 0.6) is 0 Å². The quantitative estimate of drug-likeness (QED) is 0.847. The monoisotopic (exact) mass is 251 g/mol. The van der Waals surface area contributed by atoms with Crippen molar-refractivity contribution in [2.75, 3.05) is 18.5 Å². The second kappa shape index (κ2) is 4.76. The van der Waals surface area contributed by atoms with Crippen molar-refractivity contribution in [1.82, 2.24) is 4.98 Å². The van der Waals surface area contributed by atoms with Crippen molar-refractivity contribution in [3.8, 4) is 0 Å². The summed E-state index contributed by atoms with van der Waals surface area (Å²) in [5, 5.41) is 1.01. The van der Waals surface area contributed by atoms with Crippen molar-refractivity contribution in [3.63, 3.8) is 0 Å². The molecule has 0 amide bonds. The maximum absolute atomic E-state index is 5.48. The Labute approximate surface area is 104 Å². The Bertz CT molecular complexity index is 474. The molecule has 0 bridgehead atoms. The lowest BCUT2D eigenvalue weighted by Crippen LogP contribution is -2.22. The highest BCUT2D eigenvalue weighted by atomic mass is 32.1. The maximum atomic E-state index is 5.48. The number of thiocarbonyl (C=S) groups is 1. The van der Waals surface area contributed by atoms with Crippen LogP contribution >= 0.6 is 23.6 Å². The lowest BCUT2D eigenvalue weighted by Gasteiger charge is -2.14. The summed E-state index contributed by atoms with van der Waals surface area (Å²) in [6.45, 7) is 0.815. The van der Waals surface area contributed by atoms with Crippen LogP contribution in [0, 0.1) is 0 Å². The summed E-state index contributed by atoms with van der Waals surface area (Å²) in [6.07, 6.45) is 0.724. The SMILES string of the molecule is CN(CCC(N)=S)c1nc2ccccc2s1. The van der Waals surface area contributed by atoms with E-state index >= 15 is 0 Å². The molecule has 0 fully saturated rings. The van der Waals surface area contributed by atoms with Crippen molar-refractivity contribution in [1.29, 1.82) is 0 Å². The van der Waals surface area contributed by atoms with E-state index in [0.29, 0.717) is 4.99 Å². The first-order chi connectivity index (χ1) is 7.66. The van der Waals surface area contributed by atoms with E-state index < -0.39 is 0 Å². The summed E-state index contributed by atoms with van der Waals surface area (Å²) in [4.78, 5) is 7.19. The van der Waals surface area contributed by atoms with Gasteiger partial charge in [-0.2, -0.15) is 0 Å². The lowest BCUT2D eigenvalue weighted by atomic mass is 10.3. The Morgan fingerprint density at radius 3 is 2.94 bits per heavy atom. The van der Waals surface area contributed by atoms with Crippen LogP contribution in [0.4, 0.5) is 5.13 Å². The van der Waals surface area contributed by atoms with E-state index in [1.165, 1.54) is 4.70 Å². The molecule has 3 nitrogen and oxygen atoms in total. The Morgan fingerprint density at radius 1 is 1.50 bits per heavy atom. The number of nitrogens with two attached hydrogens (primary N) is 1. The van der Waals surface area contributed by atoms with Gasteiger partial charge in [0.1, 0.15) is 0 Å². The van der Waals surface area contributed by atoms with Gasteiger partial charge in [0.25, 0.3) is 0 Å². The Hall–Kier alpha value is -1.20. The first-order valence-electron chi connectivity index (χ1n) is 5.02. The molecule has 2 rings (SSSR count). The number of nitrogens with zero attached hydrogens (tertiary/aromatic N) is 2. The van der Waals surface area contributed by atoms with Crippen molar-refractivity contribution in [2.45, 2.75) is 6.42 Å². The number of hydrogen-bond acceptors (Lipinski definition) is 4. The van der Waals surface area contributed by atoms with Crippen molar-refractivity contribution in [2.24, 2.45) is 5.73 Å². The third kappa shape index (κ3) is 2.48. The lowest BCUT2D eigenvalue weighted by molar-refractivity contribution is 0.916. The fourth-order valence-electron chi connectivity index (χ4n) is 1.40. The van der Waals surface area contributed by atoms with Gasteiger partial charge in [0.05, 0.1) is 15.2 Å². The molecule has 0 radical (unpaired) electrons. The minimum Gasteiger partial charge on any atom is -0.393 e. The number of benzene rings is 1. The number of hydrogen-bond donors (Lipinski definition) is 1. The van der Waals surface area contributed by atoms with Crippen LogP contribution in [0.1, 0.15) is 6.42 Å². The molecule has 84 valence electrons. The predicted octanol–water partition coefficient (Wildman–Crippen LogP) is 2.41. The van der Waals surface area contributed by atoms with Gasteiger partial charge in [0.15, 0.2) is 5.13 Å². The normalized spacial score (nSPS) is 10.6. The molecule has 16 heavy (non-hydrogen) atoms. The van der Waals surface area contributed by atoms with Crippen molar-refractivity contribution >= 4 is 43.9 Å². The summed E-state index contributed by atoms with van der Waals surface area (Å²) >= 11 is 6.55. The minimum atomic E-state index is 0.549. The van der Waals surface area contributed by atoms with E-state index in [0.717, 1.165) is 23.6 Å². The highest BCUT2D eigenvalue weighted by Gasteiger charge is 2.07. The number of thiazole rings is 1. The first kappa shape index (κ1) is 11.3. The van der Waals surface area contributed by atoms with Gasteiger partial charge in [-0.05, 0) is 12.1 Å². The predicted molar refractivity (Wildman–Crippen MR) is 74.3 cm³/mol. The average molecular weight is 251 g/mol. The fourth-order valence-corrected chi connectivity index (χ4v) is 2.44. The molecule has 0 saturated heterocycles.